The zero-order valence-electron chi connectivity index (χ0n) is 7.92. The lowest BCUT2D eigenvalue weighted by molar-refractivity contribution is -0.166. The van der Waals surface area contributed by atoms with E-state index in [1.54, 1.807) is 13.8 Å². The normalized spacial score (nSPS) is 27.6. The van der Waals surface area contributed by atoms with Crippen molar-refractivity contribution in [1.82, 2.24) is 0 Å². The van der Waals surface area contributed by atoms with Gasteiger partial charge in [-0.05, 0) is 13.8 Å². The highest BCUT2D eigenvalue weighted by Crippen LogP contribution is 2.26. The van der Waals surface area contributed by atoms with Gasteiger partial charge in [0.25, 0.3) is 0 Å². The van der Waals surface area contributed by atoms with Crippen LogP contribution in [0.5, 0.6) is 0 Å². The number of carbonyl (C=O) groups is 2. The molecule has 0 aliphatic carbocycles. The van der Waals surface area contributed by atoms with E-state index < -0.39 is 11.6 Å². The molecule has 13 heavy (non-hydrogen) atoms. The van der Waals surface area contributed by atoms with Gasteiger partial charge in [-0.1, -0.05) is 0 Å². The van der Waals surface area contributed by atoms with Crippen molar-refractivity contribution in [3.05, 3.63) is 11.8 Å². The van der Waals surface area contributed by atoms with Crippen LogP contribution in [0.15, 0.2) is 11.8 Å². The molecule has 0 saturated carbocycles. The number of hydrogen-bond acceptors (Lipinski definition) is 4. The Hall–Kier alpha value is -1.32. The van der Waals surface area contributed by atoms with Crippen LogP contribution in [0.1, 0.15) is 20.3 Å². The standard InChI is InChI=1S/C9H12O4/c1-6-4-7(10)5-9(2,13-6)8(11)12-3/h4H,5H2,1-3H3. The first-order chi connectivity index (χ1) is 5.98. The molecule has 1 heterocycles. The summed E-state index contributed by atoms with van der Waals surface area (Å²) in [7, 11) is 1.27. The van der Waals surface area contributed by atoms with Gasteiger partial charge in [-0.15, -0.1) is 0 Å². The molecule has 72 valence electrons. The number of hydrogen-bond donors (Lipinski definition) is 0. The topological polar surface area (TPSA) is 52.6 Å². The second kappa shape index (κ2) is 3.20. The lowest BCUT2D eigenvalue weighted by Gasteiger charge is -2.30. The number of allylic oxidation sites excluding steroid dienone is 2. The van der Waals surface area contributed by atoms with Crippen LogP contribution in [0.3, 0.4) is 0 Å². The summed E-state index contributed by atoms with van der Waals surface area (Å²) in [6.07, 6.45) is 1.42. The largest absolute Gasteiger partial charge is 0.480 e. The molecule has 0 N–H and O–H groups in total. The molecule has 1 aliphatic rings. The molecular weight excluding hydrogens is 172 g/mol. The van der Waals surface area contributed by atoms with E-state index in [0.717, 1.165) is 0 Å². The fraction of sp³-hybridized carbons (Fsp3) is 0.556. The van der Waals surface area contributed by atoms with Gasteiger partial charge in [0.2, 0.25) is 5.60 Å². The molecule has 0 amide bonds. The van der Waals surface area contributed by atoms with E-state index in [0.29, 0.717) is 5.76 Å². The lowest BCUT2D eigenvalue weighted by Crippen LogP contribution is -2.43. The maximum Gasteiger partial charge on any atom is 0.350 e. The van der Waals surface area contributed by atoms with Crippen molar-refractivity contribution in [3.8, 4) is 0 Å². The molecule has 0 aromatic carbocycles. The Morgan fingerprint density at radius 2 is 2.31 bits per heavy atom. The third kappa shape index (κ3) is 1.88. The Morgan fingerprint density at radius 1 is 1.69 bits per heavy atom. The SMILES string of the molecule is COC(=O)C1(C)CC(=O)C=C(C)O1. The summed E-state index contributed by atoms with van der Waals surface area (Å²) in [6.45, 7) is 3.19. The van der Waals surface area contributed by atoms with E-state index in [9.17, 15) is 9.59 Å². The van der Waals surface area contributed by atoms with Gasteiger partial charge in [-0.3, -0.25) is 4.79 Å². The molecule has 1 rings (SSSR count). The maximum absolute atomic E-state index is 11.3. The molecule has 1 atom stereocenters. The van der Waals surface area contributed by atoms with Crippen molar-refractivity contribution in [2.75, 3.05) is 7.11 Å². The molecular formula is C9H12O4. The molecule has 1 unspecified atom stereocenters. The van der Waals surface area contributed by atoms with Crippen LogP contribution in [-0.2, 0) is 19.1 Å². The van der Waals surface area contributed by atoms with Crippen molar-refractivity contribution in [2.24, 2.45) is 0 Å². The number of rotatable bonds is 1. The third-order valence-electron chi connectivity index (χ3n) is 1.88. The fourth-order valence-corrected chi connectivity index (χ4v) is 1.36. The van der Waals surface area contributed by atoms with E-state index in [-0.39, 0.29) is 12.2 Å². The fourth-order valence-electron chi connectivity index (χ4n) is 1.36. The molecule has 0 aromatic rings. The van der Waals surface area contributed by atoms with Crippen LogP contribution in [0.25, 0.3) is 0 Å². The van der Waals surface area contributed by atoms with Crippen LogP contribution in [-0.4, -0.2) is 24.5 Å². The Kier molecular flexibility index (Phi) is 2.40. The first kappa shape index (κ1) is 9.77. The van der Waals surface area contributed by atoms with Gasteiger partial charge in [-0.25, -0.2) is 4.79 Å². The van der Waals surface area contributed by atoms with Crippen molar-refractivity contribution < 1.29 is 19.1 Å². The van der Waals surface area contributed by atoms with Crippen LogP contribution < -0.4 is 0 Å². The van der Waals surface area contributed by atoms with Gasteiger partial charge in [0.05, 0.1) is 19.3 Å². The molecule has 0 saturated heterocycles. The van der Waals surface area contributed by atoms with E-state index >= 15 is 0 Å². The highest BCUT2D eigenvalue weighted by atomic mass is 16.6. The second-order valence-electron chi connectivity index (χ2n) is 3.22. The van der Waals surface area contributed by atoms with Gasteiger partial charge in [-0.2, -0.15) is 0 Å². The average molecular weight is 184 g/mol. The first-order valence-corrected chi connectivity index (χ1v) is 3.96. The van der Waals surface area contributed by atoms with Crippen molar-refractivity contribution >= 4 is 11.8 Å². The average Bonchev–Trinajstić information content (AvgIpc) is 2.00. The number of ether oxygens (including phenoxy) is 2. The minimum atomic E-state index is -1.15. The Balaban J connectivity index is 2.89. The van der Waals surface area contributed by atoms with Gasteiger partial charge < -0.3 is 9.47 Å². The Bertz CT molecular complexity index is 279. The summed E-state index contributed by atoms with van der Waals surface area (Å²) in [6, 6.07) is 0. The third-order valence-corrected chi connectivity index (χ3v) is 1.88. The van der Waals surface area contributed by atoms with Gasteiger partial charge >= 0.3 is 5.97 Å². The van der Waals surface area contributed by atoms with E-state index in [1.165, 1.54) is 13.2 Å². The zero-order chi connectivity index (χ0) is 10.1. The second-order valence-corrected chi connectivity index (χ2v) is 3.22. The molecule has 4 nitrogen and oxygen atoms in total. The molecule has 0 bridgehead atoms. The van der Waals surface area contributed by atoms with Crippen LogP contribution in [0.4, 0.5) is 0 Å². The summed E-state index contributed by atoms with van der Waals surface area (Å²) in [5, 5.41) is 0. The van der Waals surface area contributed by atoms with E-state index in [2.05, 4.69) is 4.74 Å². The smallest absolute Gasteiger partial charge is 0.350 e. The Labute approximate surface area is 76.5 Å². The first-order valence-electron chi connectivity index (χ1n) is 3.96. The Morgan fingerprint density at radius 3 is 2.77 bits per heavy atom. The number of esters is 1. The quantitative estimate of drug-likeness (QED) is 0.566. The van der Waals surface area contributed by atoms with Gasteiger partial charge in [0.1, 0.15) is 0 Å². The number of ketones is 1. The highest BCUT2D eigenvalue weighted by Gasteiger charge is 2.41. The van der Waals surface area contributed by atoms with Gasteiger partial charge in [0, 0.05) is 6.08 Å². The molecule has 0 spiro atoms. The minimum Gasteiger partial charge on any atom is -0.480 e. The zero-order valence-corrected chi connectivity index (χ0v) is 7.92. The van der Waals surface area contributed by atoms with Crippen LogP contribution in [0, 0.1) is 0 Å². The number of carbonyl (C=O) groups excluding carboxylic acids is 2. The van der Waals surface area contributed by atoms with E-state index in [4.69, 9.17) is 4.74 Å². The summed E-state index contributed by atoms with van der Waals surface area (Å²) >= 11 is 0. The van der Waals surface area contributed by atoms with E-state index in [1.807, 2.05) is 0 Å². The molecule has 0 aromatic heterocycles. The van der Waals surface area contributed by atoms with Gasteiger partial charge in [0.15, 0.2) is 5.78 Å². The highest BCUT2D eigenvalue weighted by molar-refractivity contribution is 5.96. The molecule has 1 aliphatic heterocycles. The predicted octanol–water partition coefficient (Wildman–Crippen LogP) is 0.811. The summed E-state index contributed by atoms with van der Waals surface area (Å²) in [4.78, 5) is 22.4. The van der Waals surface area contributed by atoms with Crippen LogP contribution in [0.2, 0.25) is 0 Å². The van der Waals surface area contributed by atoms with Crippen LogP contribution >= 0.6 is 0 Å². The summed E-state index contributed by atoms with van der Waals surface area (Å²) in [5.74, 6) is -0.186. The molecule has 0 fully saturated rings. The number of methoxy groups -OCH3 is 1. The lowest BCUT2D eigenvalue weighted by atomic mass is 9.96. The summed E-state index contributed by atoms with van der Waals surface area (Å²) in [5.41, 5.74) is -1.15. The van der Waals surface area contributed by atoms with Crippen molar-refractivity contribution in [1.29, 1.82) is 0 Å². The molecule has 0 radical (unpaired) electrons. The maximum atomic E-state index is 11.3. The van der Waals surface area contributed by atoms with Crippen molar-refractivity contribution in [3.63, 3.8) is 0 Å². The van der Waals surface area contributed by atoms with Crippen molar-refractivity contribution in [2.45, 2.75) is 25.9 Å². The summed E-state index contributed by atoms with van der Waals surface area (Å²) < 4.78 is 9.81. The predicted molar refractivity (Wildman–Crippen MR) is 44.9 cm³/mol. The monoisotopic (exact) mass is 184 g/mol. The minimum absolute atomic E-state index is 0.0387. The molecule has 4 heteroatoms.